The van der Waals surface area contributed by atoms with Gasteiger partial charge in [-0.2, -0.15) is 0 Å². The summed E-state index contributed by atoms with van der Waals surface area (Å²) in [7, 11) is 6.80. The molecule has 3 heterocycles. The highest BCUT2D eigenvalue weighted by molar-refractivity contribution is 6.03. The van der Waals surface area contributed by atoms with Gasteiger partial charge in [-0.1, -0.05) is 18.2 Å². The van der Waals surface area contributed by atoms with Crippen LogP contribution < -0.4 is 14.8 Å². The molecule has 1 N–H and O–H groups in total. The molecule has 10 nitrogen and oxygen atoms in total. The highest BCUT2D eigenvalue weighted by Gasteiger charge is 2.44. The van der Waals surface area contributed by atoms with Crippen LogP contribution in [-0.4, -0.2) is 77.9 Å². The number of amides is 2. The Hall–Kier alpha value is -5.10. The molecule has 0 spiro atoms. The van der Waals surface area contributed by atoms with E-state index in [0.717, 1.165) is 29.8 Å². The first-order valence-corrected chi connectivity index (χ1v) is 14.7. The summed E-state index contributed by atoms with van der Waals surface area (Å²) in [6, 6.07) is 16.1. The van der Waals surface area contributed by atoms with Gasteiger partial charge in [-0.05, 0) is 55.9 Å². The second-order valence-electron chi connectivity index (χ2n) is 11.6. The van der Waals surface area contributed by atoms with E-state index >= 15 is 0 Å². The number of benzene rings is 3. The highest BCUT2D eigenvalue weighted by Crippen LogP contribution is 2.37. The monoisotopic (exact) mass is 628 g/mol. The first-order chi connectivity index (χ1) is 22.0. The van der Waals surface area contributed by atoms with E-state index in [1.54, 1.807) is 48.2 Å². The number of nitrogens with one attached hydrogen (secondary N) is 1. The number of anilines is 2. The van der Waals surface area contributed by atoms with Gasteiger partial charge in [-0.25, -0.2) is 18.7 Å². The minimum atomic E-state index is -0.851. The fourth-order valence-corrected chi connectivity index (χ4v) is 6.01. The van der Waals surface area contributed by atoms with Gasteiger partial charge in [0.25, 0.3) is 5.91 Å². The third-order valence-electron chi connectivity index (χ3n) is 8.87. The second kappa shape index (κ2) is 12.0. The Morgan fingerprint density at radius 3 is 2.30 bits per heavy atom. The molecule has 0 saturated carbocycles. The standard InChI is InChI=1S/C34H34F2N6O4/c1-34(33(44)40(2)15-16-41(34)3)21-10-12-22(13-11-21)37-31-29-26(38-30(39-31)28-24(35)7-6-8-25(28)36)19-42(32(29)43)18-20-9-14-23(45-4)17-27(20)46-5/h6-14,17H,15-16,18-19H2,1-5H3,(H,37,38,39). The molecule has 2 aliphatic rings. The predicted molar refractivity (Wildman–Crippen MR) is 168 cm³/mol. The summed E-state index contributed by atoms with van der Waals surface area (Å²) < 4.78 is 40.6. The molecule has 3 aromatic carbocycles. The zero-order chi connectivity index (χ0) is 32.7. The number of methoxy groups -OCH3 is 2. The number of carbonyl (C=O) groups excluding carboxylic acids is 2. The summed E-state index contributed by atoms with van der Waals surface area (Å²) in [5.41, 5.74) is 1.40. The lowest BCUT2D eigenvalue weighted by molar-refractivity contribution is -0.147. The van der Waals surface area contributed by atoms with Gasteiger partial charge in [0.15, 0.2) is 5.82 Å². The molecule has 1 saturated heterocycles. The average Bonchev–Trinajstić information content (AvgIpc) is 3.36. The molecule has 238 valence electrons. The minimum Gasteiger partial charge on any atom is -0.497 e. The third kappa shape index (κ3) is 5.28. The maximum Gasteiger partial charge on any atom is 0.260 e. The number of fused-ring (bicyclic) bond motifs is 1. The van der Waals surface area contributed by atoms with Crippen molar-refractivity contribution in [3.8, 4) is 22.9 Å². The van der Waals surface area contributed by atoms with Crippen LogP contribution >= 0.6 is 0 Å². The van der Waals surface area contributed by atoms with Gasteiger partial charge in [0, 0.05) is 37.5 Å². The molecule has 0 aliphatic carbocycles. The van der Waals surface area contributed by atoms with Gasteiger partial charge < -0.3 is 24.6 Å². The number of likely N-dealkylation sites (N-methyl/N-ethyl adjacent to an activating group) is 2. The molecule has 12 heteroatoms. The predicted octanol–water partition coefficient (Wildman–Crippen LogP) is 4.96. The Bertz CT molecular complexity index is 1820. The van der Waals surface area contributed by atoms with Crippen LogP contribution in [0.1, 0.15) is 34.1 Å². The molecule has 0 radical (unpaired) electrons. The van der Waals surface area contributed by atoms with Crippen molar-refractivity contribution in [1.82, 2.24) is 24.7 Å². The van der Waals surface area contributed by atoms with Gasteiger partial charge in [0.2, 0.25) is 5.91 Å². The summed E-state index contributed by atoms with van der Waals surface area (Å²) in [5.74, 6) is -0.918. The van der Waals surface area contributed by atoms with Crippen LogP contribution in [0.3, 0.4) is 0 Å². The zero-order valence-corrected chi connectivity index (χ0v) is 26.2. The summed E-state index contributed by atoms with van der Waals surface area (Å²) in [4.78, 5) is 41.3. The van der Waals surface area contributed by atoms with Crippen molar-refractivity contribution < 1.29 is 27.8 Å². The van der Waals surface area contributed by atoms with Crippen LogP contribution in [0.4, 0.5) is 20.3 Å². The fraction of sp³-hybridized carbons (Fsp3) is 0.294. The van der Waals surface area contributed by atoms with E-state index in [4.69, 9.17) is 9.47 Å². The maximum atomic E-state index is 14.9. The number of piperazine rings is 1. The Kier molecular flexibility index (Phi) is 8.07. The molecule has 2 amide bonds. The van der Waals surface area contributed by atoms with Crippen molar-refractivity contribution in [1.29, 1.82) is 0 Å². The number of nitrogens with zero attached hydrogens (tertiary/aromatic N) is 5. The number of carbonyl (C=O) groups is 2. The van der Waals surface area contributed by atoms with Gasteiger partial charge in [-0.15, -0.1) is 0 Å². The number of hydrogen-bond donors (Lipinski definition) is 1. The topological polar surface area (TPSA) is 100 Å². The lowest BCUT2D eigenvalue weighted by Crippen LogP contribution is -2.60. The van der Waals surface area contributed by atoms with Gasteiger partial charge in [0.05, 0.1) is 38.6 Å². The number of hydrogen-bond acceptors (Lipinski definition) is 8. The smallest absolute Gasteiger partial charge is 0.260 e. The van der Waals surface area contributed by atoms with E-state index < -0.39 is 17.2 Å². The Balaban J connectivity index is 1.37. The quantitative estimate of drug-likeness (QED) is 0.293. The zero-order valence-electron chi connectivity index (χ0n) is 26.2. The van der Waals surface area contributed by atoms with E-state index in [-0.39, 0.29) is 47.7 Å². The minimum absolute atomic E-state index is 0.00804. The van der Waals surface area contributed by atoms with Crippen LogP contribution in [-0.2, 0) is 23.4 Å². The van der Waals surface area contributed by atoms with E-state index in [1.807, 2.05) is 37.1 Å². The van der Waals surface area contributed by atoms with Crippen molar-refractivity contribution in [3.63, 3.8) is 0 Å². The lowest BCUT2D eigenvalue weighted by Gasteiger charge is -2.45. The van der Waals surface area contributed by atoms with Crippen molar-refractivity contribution in [2.45, 2.75) is 25.6 Å². The number of halogens is 2. The van der Waals surface area contributed by atoms with Gasteiger partial charge >= 0.3 is 0 Å². The Labute approximate surface area is 265 Å². The molecule has 1 aromatic heterocycles. The molecular formula is C34H34F2N6O4. The van der Waals surface area contributed by atoms with E-state index in [2.05, 4.69) is 15.3 Å². The van der Waals surface area contributed by atoms with Crippen LogP contribution in [0.15, 0.2) is 60.7 Å². The summed E-state index contributed by atoms with van der Waals surface area (Å²) in [5, 5.41) is 3.19. The fourth-order valence-electron chi connectivity index (χ4n) is 6.01. The summed E-state index contributed by atoms with van der Waals surface area (Å²) in [6.45, 7) is 3.54. The first kappa shape index (κ1) is 30.9. The molecule has 0 bridgehead atoms. The van der Waals surface area contributed by atoms with Crippen molar-refractivity contribution in [2.24, 2.45) is 0 Å². The third-order valence-corrected chi connectivity index (χ3v) is 8.87. The average molecular weight is 629 g/mol. The van der Waals surface area contributed by atoms with E-state index in [9.17, 15) is 18.4 Å². The molecular weight excluding hydrogens is 594 g/mol. The molecule has 46 heavy (non-hydrogen) atoms. The molecule has 2 aliphatic heterocycles. The highest BCUT2D eigenvalue weighted by atomic mass is 19.1. The first-order valence-electron chi connectivity index (χ1n) is 14.7. The van der Waals surface area contributed by atoms with Crippen molar-refractivity contribution in [2.75, 3.05) is 46.7 Å². The lowest BCUT2D eigenvalue weighted by atomic mass is 9.87. The van der Waals surface area contributed by atoms with Crippen LogP contribution in [0.5, 0.6) is 11.5 Å². The maximum absolute atomic E-state index is 14.9. The molecule has 1 atom stereocenters. The number of rotatable bonds is 8. The second-order valence-corrected chi connectivity index (χ2v) is 11.6. The van der Waals surface area contributed by atoms with E-state index in [1.165, 1.54) is 13.2 Å². The molecule has 6 rings (SSSR count). The van der Waals surface area contributed by atoms with Gasteiger partial charge in [-0.3, -0.25) is 14.5 Å². The number of ether oxygens (including phenoxy) is 2. The van der Waals surface area contributed by atoms with Crippen molar-refractivity contribution in [3.05, 3.63) is 94.7 Å². The number of aromatic nitrogens is 2. The SMILES string of the molecule is COc1ccc(CN2Cc3nc(-c4c(F)cccc4F)nc(Nc4ccc(C5(C)C(=O)N(C)CCN5C)cc4)c3C2=O)c(OC)c1. The Morgan fingerprint density at radius 2 is 1.63 bits per heavy atom. The molecule has 1 unspecified atom stereocenters. The summed E-state index contributed by atoms with van der Waals surface area (Å²) >= 11 is 0. The molecule has 4 aromatic rings. The van der Waals surface area contributed by atoms with Crippen molar-refractivity contribution >= 4 is 23.3 Å². The molecule has 1 fully saturated rings. The van der Waals surface area contributed by atoms with Crippen LogP contribution in [0.2, 0.25) is 0 Å². The van der Waals surface area contributed by atoms with Crippen LogP contribution in [0.25, 0.3) is 11.4 Å². The van der Waals surface area contributed by atoms with Gasteiger partial charge in [0.1, 0.15) is 40.1 Å². The van der Waals surface area contributed by atoms with Crippen LogP contribution in [0, 0.1) is 11.6 Å². The summed E-state index contributed by atoms with van der Waals surface area (Å²) in [6.07, 6.45) is 0. The Morgan fingerprint density at radius 1 is 0.913 bits per heavy atom. The largest absolute Gasteiger partial charge is 0.497 e. The van der Waals surface area contributed by atoms with E-state index in [0.29, 0.717) is 29.4 Å². The normalized spacial score (nSPS) is 18.2.